The van der Waals surface area contributed by atoms with Gasteiger partial charge in [-0.25, -0.2) is 8.42 Å². The molecule has 0 spiro atoms. The third-order valence-corrected chi connectivity index (χ3v) is 9.14. The predicted octanol–water partition coefficient (Wildman–Crippen LogP) is 0.216. The Morgan fingerprint density at radius 3 is 2.44 bits per heavy atom. The number of carbonyl (C=O) groups excluding carboxylic acids is 2. The van der Waals surface area contributed by atoms with Crippen molar-refractivity contribution in [3.05, 3.63) is 12.3 Å². The molecular weight excluding hydrogens is 458 g/mol. The van der Waals surface area contributed by atoms with Crippen LogP contribution in [0.25, 0.3) is 11.0 Å². The Bertz CT molecular complexity index is 1210. The van der Waals surface area contributed by atoms with Crippen molar-refractivity contribution in [3.8, 4) is 0 Å². The van der Waals surface area contributed by atoms with Crippen LogP contribution in [-0.4, -0.2) is 101 Å². The first-order valence-corrected chi connectivity index (χ1v) is 13.8. The zero-order valence-corrected chi connectivity index (χ0v) is 19.8. The summed E-state index contributed by atoms with van der Waals surface area (Å²) >= 11 is 0. The van der Waals surface area contributed by atoms with Crippen LogP contribution in [0, 0.1) is 5.92 Å². The number of aromatic amines is 1. The SMILES string of the molecule is O=C(Nc1nc(N2CC3CCC(C2)N3CC(=O)N2CCS(=O)(=O)CC2)c2cc[nH]c2n1)C1CC1. The van der Waals surface area contributed by atoms with Gasteiger partial charge < -0.3 is 14.8 Å². The minimum Gasteiger partial charge on any atom is -0.353 e. The van der Waals surface area contributed by atoms with Crippen LogP contribution in [-0.2, 0) is 19.4 Å². The van der Waals surface area contributed by atoms with Gasteiger partial charge in [-0.05, 0) is 31.7 Å². The number of nitrogens with one attached hydrogen (secondary N) is 2. The number of hydrogen-bond acceptors (Lipinski definition) is 8. The van der Waals surface area contributed by atoms with Crippen LogP contribution >= 0.6 is 0 Å². The van der Waals surface area contributed by atoms with E-state index >= 15 is 0 Å². The van der Waals surface area contributed by atoms with Gasteiger partial charge in [-0.1, -0.05) is 0 Å². The molecule has 0 radical (unpaired) electrons. The minimum absolute atomic E-state index is 0.0142. The summed E-state index contributed by atoms with van der Waals surface area (Å²) in [6, 6.07) is 2.41. The molecule has 1 saturated carbocycles. The van der Waals surface area contributed by atoms with Crippen molar-refractivity contribution in [2.24, 2.45) is 5.92 Å². The summed E-state index contributed by atoms with van der Waals surface area (Å²) in [6.07, 6.45) is 5.68. The third-order valence-electron chi connectivity index (χ3n) is 7.53. The van der Waals surface area contributed by atoms with E-state index in [1.807, 2.05) is 12.3 Å². The Labute approximate surface area is 197 Å². The van der Waals surface area contributed by atoms with Crippen molar-refractivity contribution in [2.75, 3.05) is 54.4 Å². The van der Waals surface area contributed by atoms with Crippen molar-refractivity contribution in [1.82, 2.24) is 24.8 Å². The highest BCUT2D eigenvalue weighted by atomic mass is 32.2. The van der Waals surface area contributed by atoms with Gasteiger partial charge in [0.1, 0.15) is 11.5 Å². The molecule has 1 aliphatic carbocycles. The maximum atomic E-state index is 12.9. The number of piperazine rings is 1. The Hall–Kier alpha value is -2.73. The largest absolute Gasteiger partial charge is 0.353 e. The summed E-state index contributed by atoms with van der Waals surface area (Å²) < 4.78 is 23.4. The lowest BCUT2D eigenvalue weighted by atomic mass is 10.1. The molecule has 34 heavy (non-hydrogen) atoms. The monoisotopic (exact) mass is 487 g/mol. The third kappa shape index (κ3) is 4.13. The maximum Gasteiger partial charge on any atom is 0.236 e. The lowest BCUT2D eigenvalue weighted by Crippen LogP contribution is -2.57. The van der Waals surface area contributed by atoms with Crippen molar-refractivity contribution in [3.63, 3.8) is 0 Å². The van der Waals surface area contributed by atoms with Crippen LogP contribution in [0.3, 0.4) is 0 Å². The average molecular weight is 488 g/mol. The highest BCUT2D eigenvalue weighted by molar-refractivity contribution is 7.91. The number of sulfone groups is 1. The van der Waals surface area contributed by atoms with Crippen LogP contribution in [0.5, 0.6) is 0 Å². The summed E-state index contributed by atoms with van der Waals surface area (Å²) in [5.74, 6) is 1.31. The van der Waals surface area contributed by atoms with Crippen LogP contribution in [0.1, 0.15) is 25.7 Å². The van der Waals surface area contributed by atoms with Gasteiger partial charge in [0.05, 0.1) is 23.4 Å². The highest BCUT2D eigenvalue weighted by Crippen LogP contribution is 2.35. The second-order valence-electron chi connectivity index (χ2n) is 9.87. The molecule has 2 N–H and O–H groups in total. The zero-order chi connectivity index (χ0) is 23.4. The second-order valence-corrected chi connectivity index (χ2v) is 12.2. The highest BCUT2D eigenvalue weighted by Gasteiger charge is 2.42. The molecule has 11 nitrogen and oxygen atoms in total. The van der Waals surface area contributed by atoms with E-state index in [9.17, 15) is 18.0 Å². The number of amides is 2. The van der Waals surface area contributed by atoms with Crippen molar-refractivity contribution >= 4 is 44.5 Å². The van der Waals surface area contributed by atoms with E-state index < -0.39 is 9.84 Å². The topological polar surface area (TPSA) is 132 Å². The van der Waals surface area contributed by atoms with Gasteiger partial charge in [-0.3, -0.25) is 19.8 Å². The molecule has 0 aromatic carbocycles. The molecule has 2 atom stereocenters. The minimum atomic E-state index is -3.01. The molecule has 3 saturated heterocycles. The van der Waals surface area contributed by atoms with Gasteiger partial charge in [0.25, 0.3) is 0 Å². The van der Waals surface area contributed by atoms with Crippen LogP contribution < -0.4 is 10.2 Å². The standard InChI is InChI=1S/C22H29N7O4S/c30-18(27-7-9-34(32,33)10-8-27)13-29-15-3-4-16(29)12-28(11-15)20-17-5-6-23-19(17)24-22(25-20)26-21(31)14-1-2-14/h5-6,14-16H,1-4,7-13H2,(H2,23,24,25,26,31). The average Bonchev–Trinajstić information content (AvgIpc) is 3.51. The Balaban J connectivity index is 1.17. The number of rotatable bonds is 5. The number of fused-ring (bicyclic) bond motifs is 3. The fourth-order valence-electron chi connectivity index (χ4n) is 5.42. The number of H-pyrrole nitrogens is 1. The number of hydrogen-bond donors (Lipinski definition) is 2. The fraction of sp³-hybridized carbons (Fsp3) is 0.636. The molecule has 182 valence electrons. The molecule has 2 amide bonds. The maximum absolute atomic E-state index is 12.9. The molecule has 2 unspecified atom stereocenters. The summed E-state index contributed by atoms with van der Waals surface area (Å²) in [7, 11) is -3.01. The molecule has 5 heterocycles. The van der Waals surface area contributed by atoms with E-state index in [1.54, 1.807) is 4.90 Å². The molecule has 4 aliphatic rings. The second kappa shape index (κ2) is 8.19. The predicted molar refractivity (Wildman–Crippen MR) is 126 cm³/mol. The van der Waals surface area contributed by atoms with E-state index in [0.29, 0.717) is 18.1 Å². The molecule has 2 aromatic heterocycles. The van der Waals surface area contributed by atoms with E-state index in [4.69, 9.17) is 4.98 Å². The number of aromatic nitrogens is 3. The first kappa shape index (κ1) is 21.8. The number of carbonyl (C=O) groups is 2. The fourth-order valence-corrected chi connectivity index (χ4v) is 6.62. The first-order valence-electron chi connectivity index (χ1n) is 12.0. The summed E-state index contributed by atoms with van der Waals surface area (Å²) in [4.78, 5) is 43.8. The Morgan fingerprint density at radius 1 is 1.06 bits per heavy atom. The van der Waals surface area contributed by atoms with Gasteiger partial charge in [0.2, 0.25) is 17.8 Å². The van der Waals surface area contributed by atoms with Crippen LogP contribution in [0.4, 0.5) is 11.8 Å². The summed E-state index contributed by atoms with van der Waals surface area (Å²) in [5, 5.41) is 3.79. The molecule has 2 aromatic rings. The van der Waals surface area contributed by atoms with Gasteiger partial charge in [0.15, 0.2) is 9.84 Å². The normalized spacial score (nSPS) is 26.7. The Morgan fingerprint density at radius 2 is 1.76 bits per heavy atom. The molecule has 3 aliphatic heterocycles. The summed E-state index contributed by atoms with van der Waals surface area (Å²) in [5.41, 5.74) is 0.695. The summed E-state index contributed by atoms with van der Waals surface area (Å²) in [6.45, 7) is 2.39. The lowest BCUT2D eigenvalue weighted by Gasteiger charge is -2.42. The van der Waals surface area contributed by atoms with Gasteiger partial charge in [-0.15, -0.1) is 0 Å². The number of anilines is 2. The van der Waals surface area contributed by atoms with Crippen LogP contribution in [0.2, 0.25) is 0 Å². The molecule has 12 heteroatoms. The van der Waals surface area contributed by atoms with E-state index in [2.05, 4.69) is 25.1 Å². The molecule has 2 bridgehead atoms. The smallest absolute Gasteiger partial charge is 0.236 e. The lowest BCUT2D eigenvalue weighted by molar-refractivity contribution is -0.133. The van der Waals surface area contributed by atoms with Crippen molar-refractivity contribution in [2.45, 2.75) is 37.8 Å². The van der Waals surface area contributed by atoms with Gasteiger partial charge >= 0.3 is 0 Å². The first-order chi connectivity index (χ1) is 16.4. The Kier molecular flexibility index (Phi) is 5.25. The van der Waals surface area contributed by atoms with E-state index in [1.165, 1.54) is 0 Å². The zero-order valence-electron chi connectivity index (χ0n) is 18.9. The quantitative estimate of drug-likeness (QED) is 0.612. The van der Waals surface area contributed by atoms with Gasteiger partial charge in [-0.2, -0.15) is 9.97 Å². The molecule has 4 fully saturated rings. The molecule has 6 rings (SSSR count). The molecular formula is C22H29N7O4S. The van der Waals surface area contributed by atoms with Crippen LogP contribution in [0.15, 0.2) is 12.3 Å². The van der Waals surface area contributed by atoms with Crippen molar-refractivity contribution in [1.29, 1.82) is 0 Å². The van der Waals surface area contributed by atoms with E-state index in [-0.39, 0.29) is 54.4 Å². The number of nitrogens with zero attached hydrogens (tertiary/aromatic N) is 5. The van der Waals surface area contributed by atoms with E-state index in [0.717, 1.165) is 50.0 Å². The van der Waals surface area contributed by atoms with Crippen molar-refractivity contribution < 1.29 is 18.0 Å². The van der Waals surface area contributed by atoms with Gasteiger partial charge in [0, 0.05) is 50.4 Å².